The molecule has 2 aliphatic heterocycles. The maximum Gasteiger partial charge on any atom is 0.318 e. The SMILES string of the molecule is C#CC1(NC(=O)[C@H](CC(F)(F)Cc2ccccc2)NC(=O)N2CCC3(CC2)CC(=O)NC3=O)CC1. The van der Waals surface area contributed by atoms with Gasteiger partial charge in [-0.15, -0.1) is 6.42 Å². The lowest BCUT2D eigenvalue weighted by Gasteiger charge is -2.37. The van der Waals surface area contributed by atoms with Crippen LogP contribution in [0.3, 0.4) is 0 Å². The van der Waals surface area contributed by atoms with E-state index in [-0.39, 0.29) is 44.2 Å². The smallest absolute Gasteiger partial charge is 0.318 e. The van der Waals surface area contributed by atoms with E-state index in [9.17, 15) is 28.0 Å². The number of hydrogen-bond donors (Lipinski definition) is 3. The number of imide groups is 1. The summed E-state index contributed by atoms with van der Waals surface area (Å²) in [4.78, 5) is 51.0. The minimum absolute atomic E-state index is 0.0756. The lowest BCUT2D eigenvalue weighted by molar-refractivity contribution is -0.130. The predicted octanol–water partition coefficient (Wildman–Crippen LogP) is 1.74. The molecule has 3 N–H and O–H groups in total. The van der Waals surface area contributed by atoms with Gasteiger partial charge in [-0.05, 0) is 31.2 Å². The molecule has 1 saturated carbocycles. The fourth-order valence-electron chi connectivity index (χ4n) is 4.70. The summed E-state index contributed by atoms with van der Waals surface area (Å²) in [5, 5.41) is 7.39. The molecule has 1 atom stereocenters. The molecular formula is C25H28F2N4O4. The molecule has 4 rings (SSSR count). The van der Waals surface area contributed by atoms with E-state index >= 15 is 0 Å². The Balaban J connectivity index is 1.42. The first-order chi connectivity index (χ1) is 16.6. The van der Waals surface area contributed by atoms with Gasteiger partial charge in [0.25, 0.3) is 5.92 Å². The molecule has 1 aromatic rings. The molecule has 3 aliphatic rings. The fraction of sp³-hybridized carbons (Fsp3) is 0.520. The van der Waals surface area contributed by atoms with Crippen molar-refractivity contribution in [1.82, 2.24) is 20.9 Å². The van der Waals surface area contributed by atoms with Gasteiger partial charge in [-0.3, -0.25) is 19.7 Å². The van der Waals surface area contributed by atoms with Crippen LogP contribution in [0.2, 0.25) is 0 Å². The molecule has 35 heavy (non-hydrogen) atoms. The number of terminal acetylenes is 1. The lowest BCUT2D eigenvalue weighted by atomic mass is 9.77. The monoisotopic (exact) mass is 486 g/mol. The van der Waals surface area contributed by atoms with Gasteiger partial charge in [-0.2, -0.15) is 0 Å². The molecule has 10 heteroatoms. The van der Waals surface area contributed by atoms with E-state index in [1.807, 2.05) is 0 Å². The standard InChI is InChI=1S/C25H28F2N4O4/c1-2-24(8-9-24)30-20(33)18(15-25(26,27)14-17-6-4-3-5-7-17)28-22(35)31-12-10-23(11-13-31)16-19(32)29-21(23)34/h1,3-7,18H,8-16H2,(H,28,35)(H,30,33)(H,29,32,34)/t18-/m0/s1. The largest absolute Gasteiger partial charge is 0.338 e. The Hall–Kier alpha value is -3.48. The van der Waals surface area contributed by atoms with Crippen molar-refractivity contribution in [1.29, 1.82) is 0 Å². The highest BCUT2D eigenvalue weighted by atomic mass is 19.3. The van der Waals surface area contributed by atoms with Crippen molar-refractivity contribution in [2.45, 2.75) is 62.4 Å². The van der Waals surface area contributed by atoms with Gasteiger partial charge in [-0.1, -0.05) is 36.3 Å². The number of carbonyl (C=O) groups excluding carboxylic acids is 4. The first-order valence-corrected chi connectivity index (χ1v) is 11.7. The van der Waals surface area contributed by atoms with Gasteiger partial charge in [0.2, 0.25) is 17.7 Å². The third-order valence-electron chi connectivity index (χ3n) is 7.05. The zero-order chi connectivity index (χ0) is 25.3. The van der Waals surface area contributed by atoms with E-state index in [4.69, 9.17) is 6.42 Å². The number of rotatable bonds is 7. The van der Waals surface area contributed by atoms with Gasteiger partial charge >= 0.3 is 6.03 Å². The van der Waals surface area contributed by atoms with Crippen molar-refractivity contribution in [3.05, 3.63) is 35.9 Å². The van der Waals surface area contributed by atoms with E-state index in [2.05, 4.69) is 21.9 Å². The van der Waals surface area contributed by atoms with Gasteiger partial charge in [-0.25, -0.2) is 13.6 Å². The Bertz CT molecular complexity index is 1060. The number of benzene rings is 1. The maximum absolute atomic E-state index is 15.0. The van der Waals surface area contributed by atoms with Crippen LogP contribution in [0.5, 0.6) is 0 Å². The molecule has 186 valence electrons. The number of alkyl halides is 2. The molecule has 2 heterocycles. The fourth-order valence-corrected chi connectivity index (χ4v) is 4.70. The molecular weight excluding hydrogens is 458 g/mol. The van der Waals surface area contributed by atoms with E-state index in [0.29, 0.717) is 18.4 Å². The van der Waals surface area contributed by atoms with Crippen LogP contribution in [0, 0.1) is 17.8 Å². The average Bonchev–Trinajstić information content (AvgIpc) is 3.52. The van der Waals surface area contributed by atoms with Crippen LogP contribution in [0.15, 0.2) is 30.3 Å². The first kappa shape index (κ1) is 24.6. The van der Waals surface area contributed by atoms with Crippen molar-refractivity contribution in [3.8, 4) is 12.3 Å². The van der Waals surface area contributed by atoms with Crippen LogP contribution < -0.4 is 16.0 Å². The highest BCUT2D eigenvalue weighted by molar-refractivity contribution is 6.06. The minimum atomic E-state index is -3.27. The molecule has 0 unspecified atom stereocenters. The van der Waals surface area contributed by atoms with Crippen molar-refractivity contribution in [2.75, 3.05) is 13.1 Å². The second-order valence-electron chi connectivity index (χ2n) is 9.76. The second-order valence-corrected chi connectivity index (χ2v) is 9.76. The average molecular weight is 487 g/mol. The molecule has 0 aromatic heterocycles. The highest BCUT2D eigenvalue weighted by Crippen LogP contribution is 2.39. The van der Waals surface area contributed by atoms with Crippen molar-refractivity contribution in [3.63, 3.8) is 0 Å². The van der Waals surface area contributed by atoms with Crippen molar-refractivity contribution in [2.24, 2.45) is 5.41 Å². The van der Waals surface area contributed by atoms with Crippen molar-refractivity contribution >= 4 is 23.8 Å². The van der Waals surface area contributed by atoms with E-state index in [1.54, 1.807) is 30.3 Å². The van der Waals surface area contributed by atoms with Gasteiger partial charge in [0.1, 0.15) is 11.6 Å². The van der Waals surface area contributed by atoms with Gasteiger partial charge in [0.05, 0.1) is 5.41 Å². The summed E-state index contributed by atoms with van der Waals surface area (Å²) >= 11 is 0. The predicted molar refractivity (Wildman–Crippen MR) is 122 cm³/mol. The van der Waals surface area contributed by atoms with Gasteiger partial charge in [0, 0.05) is 32.4 Å². The summed E-state index contributed by atoms with van der Waals surface area (Å²) in [6.07, 6.45) is 5.73. The zero-order valence-electron chi connectivity index (χ0n) is 19.2. The quantitative estimate of drug-likeness (QED) is 0.403. The second kappa shape index (κ2) is 9.29. The van der Waals surface area contributed by atoms with E-state index in [1.165, 1.54) is 4.90 Å². The van der Waals surface area contributed by atoms with Crippen LogP contribution in [-0.4, -0.2) is 59.2 Å². The Morgan fingerprint density at radius 1 is 1.14 bits per heavy atom. The van der Waals surface area contributed by atoms with E-state index < -0.39 is 47.7 Å². The molecule has 2 saturated heterocycles. The summed E-state index contributed by atoms with van der Waals surface area (Å²) in [7, 11) is 0. The molecule has 8 nitrogen and oxygen atoms in total. The summed E-state index contributed by atoms with van der Waals surface area (Å²) < 4.78 is 29.9. The van der Waals surface area contributed by atoms with Crippen LogP contribution in [0.25, 0.3) is 0 Å². The third-order valence-corrected chi connectivity index (χ3v) is 7.05. The number of nitrogens with zero attached hydrogens (tertiary/aromatic N) is 1. The number of likely N-dealkylation sites (tertiary alicyclic amines) is 1. The Kier molecular flexibility index (Phi) is 6.54. The molecule has 0 radical (unpaired) electrons. The number of carbonyl (C=O) groups is 4. The zero-order valence-corrected chi connectivity index (χ0v) is 19.2. The molecule has 1 spiro atoms. The number of nitrogens with one attached hydrogen (secondary N) is 3. The Morgan fingerprint density at radius 3 is 2.34 bits per heavy atom. The molecule has 5 amide bonds. The molecule has 1 aromatic carbocycles. The third kappa shape index (κ3) is 5.61. The summed E-state index contributed by atoms with van der Waals surface area (Å²) in [5.41, 5.74) is -1.27. The minimum Gasteiger partial charge on any atom is -0.338 e. The van der Waals surface area contributed by atoms with Crippen LogP contribution in [0.1, 0.15) is 44.1 Å². The first-order valence-electron chi connectivity index (χ1n) is 11.7. The Morgan fingerprint density at radius 2 is 1.80 bits per heavy atom. The topological polar surface area (TPSA) is 108 Å². The number of piperidine rings is 1. The lowest BCUT2D eigenvalue weighted by Crippen LogP contribution is -2.56. The maximum atomic E-state index is 15.0. The number of urea groups is 1. The summed E-state index contributed by atoms with van der Waals surface area (Å²) in [6.45, 7) is 0.325. The van der Waals surface area contributed by atoms with E-state index in [0.717, 1.165) is 0 Å². The van der Waals surface area contributed by atoms with Crippen LogP contribution in [0.4, 0.5) is 13.6 Å². The van der Waals surface area contributed by atoms with Crippen LogP contribution >= 0.6 is 0 Å². The summed E-state index contributed by atoms with van der Waals surface area (Å²) in [6, 6.07) is 6.01. The normalized spacial score (nSPS) is 21.1. The number of amides is 5. The Labute approximate surface area is 202 Å². The highest BCUT2D eigenvalue weighted by Gasteiger charge is 2.49. The molecule has 0 bridgehead atoms. The van der Waals surface area contributed by atoms with Crippen molar-refractivity contribution < 1.29 is 28.0 Å². The van der Waals surface area contributed by atoms with Gasteiger partial charge in [0.15, 0.2) is 0 Å². The van der Waals surface area contributed by atoms with Crippen LogP contribution in [-0.2, 0) is 20.8 Å². The molecule has 1 aliphatic carbocycles. The number of hydrogen-bond acceptors (Lipinski definition) is 4. The van der Waals surface area contributed by atoms with Gasteiger partial charge < -0.3 is 15.5 Å². The summed E-state index contributed by atoms with van der Waals surface area (Å²) in [5.74, 6) is -2.22. The molecule has 3 fully saturated rings. The number of halogens is 2.